The van der Waals surface area contributed by atoms with Gasteiger partial charge in [0.1, 0.15) is 0 Å². The zero-order valence-corrected chi connectivity index (χ0v) is 9.53. The predicted molar refractivity (Wildman–Crippen MR) is 58.5 cm³/mol. The second-order valence-electron chi connectivity index (χ2n) is 3.51. The Balaban J connectivity index is 2.10. The molecule has 0 aliphatic carbocycles. The summed E-state index contributed by atoms with van der Waals surface area (Å²) in [6.45, 7) is 1.93. The Bertz CT molecular complexity index is 447. The normalized spacial score (nSPS) is 13.0. The maximum absolute atomic E-state index is 6.06. The van der Waals surface area contributed by atoms with Gasteiger partial charge in [0.15, 0.2) is 0 Å². The average Bonchev–Trinajstić information content (AvgIpc) is 2.75. The zero-order valence-electron chi connectivity index (χ0n) is 8.71. The molecule has 0 aliphatic heterocycles. The van der Waals surface area contributed by atoms with E-state index in [4.69, 9.17) is 5.73 Å². The van der Waals surface area contributed by atoms with Crippen LogP contribution in [-0.4, -0.2) is 19.4 Å². The van der Waals surface area contributed by atoms with Crippen LogP contribution in [0.4, 0.5) is 0 Å². The molecule has 0 bridgehead atoms. The molecule has 0 amide bonds. The molecule has 6 heteroatoms. The maximum atomic E-state index is 6.06. The summed E-state index contributed by atoms with van der Waals surface area (Å²) in [6, 6.07) is 1.92. The molecule has 2 aromatic rings. The lowest BCUT2D eigenvalue weighted by atomic mass is 10.1. The van der Waals surface area contributed by atoms with E-state index in [1.54, 1.807) is 4.68 Å². The van der Waals surface area contributed by atoms with E-state index >= 15 is 0 Å². The van der Waals surface area contributed by atoms with Crippen LogP contribution < -0.4 is 5.73 Å². The van der Waals surface area contributed by atoms with Crippen molar-refractivity contribution in [3.63, 3.8) is 0 Å². The van der Waals surface area contributed by atoms with Gasteiger partial charge in [-0.1, -0.05) is 4.49 Å². The van der Waals surface area contributed by atoms with Crippen molar-refractivity contribution in [2.45, 2.75) is 19.4 Å². The standard InChI is InChI=1S/C9H13N5S/c1-6-9(15-13-11-6)8(10)5-7-3-4-14(2)12-7/h3-4,8H,5,10H2,1-2H3. The second kappa shape index (κ2) is 4.08. The van der Waals surface area contributed by atoms with Gasteiger partial charge < -0.3 is 5.73 Å². The Kier molecular flexibility index (Phi) is 2.79. The highest BCUT2D eigenvalue weighted by Crippen LogP contribution is 2.20. The van der Waals surface area contributed by atoms with Gasteiger partial charge in [-0.3, -0.25) is 4.68 Å². The van der Waals surface area contributed by atoms with Gasteiger partial charge in [-0.2, -0.15) is 5.10 Å². The molecule has 0 saturated carbocycles. The Labute approximate surface area is 92.1 Å². The van der Waals surface area contributed by atoms with Crippen molar-refractivity contribution in [2.75, 3.05) is 0 Å². The van der Waals surface area contributed by atoms with Crippen molar-refractivity contribution >= 4 is 11.5 Å². The zero-order chi connectivity index (χ0) is 10.8. The highest BCUT2D eigenvalue weighted by molar-refractivity contribution is 7.05. The molecule has 2 N–H and O–H groups in total. The lowest BCUT2D eigenvalue weighted by Gasteiger charge is -2.06. The summed E-state index contributed by atoms with van der Waals surface area (Å²) >= 11 is 1.36. The van der Waals surface area contributed by atoms with Gasteiger partial charge in [0.25, 0.3) is 0 Å². The van der Waals surface area contributed by atoms with E-state index in [0.29, 0.717) is 0 Å². The minimum Gasteiger partial charge on any atom is -0.323 e. The number of hydrogen-bond acceptors (Lipinski definition) is 5. The van der Waals surface area contributed by atoms with Crippen molar-refractivity contribution in [2.24, 2.45) is 12.8 Å². The van der Waals surface area contributed by atoms with Gasteiger partial charge in [0.05, 0.1) is 16.3 Å². The van der Waals surface area contributed by atoms with E-state index < -0.39 is 0 Å². The average molecular weight is 223 g/mol. The summed E-state index contributed by atoms with van der Waals surface area (Å²) in [6.07, 6.45) is 2.64. The van der Waals surface area contributed by atoms with Gasteiger partial charge >= 0.3 is 0 Å². The number of aryl methyl sites for hydroxylation is 2. The van der Waals surface area contributed by atoms with Crippen molar-refractivity contribution in [1.82, 2.24) is 19.4 Å². The van der Waals surface area contributed by atoms with Crippen molar-refractivity contribution < 1.29 is 0 Å². The maximum Gasteiger partial charge on any atom is 0.0772 e. The van der Waals surface area contributed by atoms with Gasteiger partial charge in [-0.25, -0.2) is 0 Å². The SMILES string of the molecule is Cc1nnsc1C(N)Cc1ccn(C)n1. The largest absolute Gasteiger partial charge is 0.323 e. The first-order valence-electron chi connectivity index (χ1n) is 4.70. The molecule has 1 atom stereocenters. The van der Waals surface area contributed by atoms with Gasteiger partial charge in [-0.05, 0) is 24.5 Å². The molecule has 0 aromatic carbocycles. The van der Waals surface area contributed by atoms with Crippen LogP contribution in [0.15, 0.2) is 12.3 Å². The highest BCUT2D eigenvalue weighted by atomic mass is 32.1. The summed E-state index contributed by atoms with van der Waals surface area (Å²) in [7, 11) is 1.90. The third kappa shape index (κ3) is 2.21. The van der Waals surface area contributed by atoms with Crippen molar-refractivity contribution in [3.05, 3.63) is 28.5 Å². The van der Waals surface area contributed by atoms with E-state index in [1.807, 2.05) is 26.2 Å². The molecule has 2 aromatic heterocycles. The number of nitrogens with zero attached hydrogens (tertiary/aromatic N) is 4. The first-order chi connectivity index (χ1) is 7.16. The summed E-state index contributed by atoms with van der Waals surface area (Å²) in [5.74, 6) is 0. The van der Waals surface area contributed by atoms with Crippen LogP contribution in [0.25, 0.3) is 0 Å². The topological polar surface area (TPSA) is 69.6 Å². The molecule has 80 valence electrons. The fourth-order valence-corrected chi connectivity index (χ4v) is 2.11. The fraction of sp³-hybridized carbons (Fsp3) is 0.444. The molecule has 0 radical (unpaired) electrons. The quantitative estimate of drug-likeness (QED) is 0.836. The van der Waals surface area contributed by atoms with Crippen LogP contribution in [0.3, 0.4) is 0 Å². The lowest BCUT2D eigenvalue weighted by molar-refractivity contribution is 0.679. The van der Waals surface area contributed by atoms with Gasteiger partial charge in [0, 0.05) is 25.7 Å². The molecule has 0 saturated heterocycles. The van der Waals surface area contributed by atoms with Crippen LogP contribution in [0, 0.1) is 6.92 Å². The molecule has 0 spiro atoms. The molecule has 2 heterocycles. The molecule has 15 heavy (non-hydrogen) atoms. The monoisotopic (exact) mass is 223 g/mol. The van der Waals surface area contributed by atoms with Crippen molar-refractivity contribution in [1.29, 1.82) is 0 Å². The first kappa shape index (κ1) is 10.3. The van der Waals surface area contributed by atoms with E-state index in [9.17, 15) is 0 Å². The van der Waals surface area contributed by atoms with Gasteiger partial charge in [-0.15, -0.1) is 5.10 Å². The third-order valence-corrected chi connectivity index (χ3v) is 3.18. The number of hydrogen-bond donors (Lipinski definition) is 1. The number of nitrogens with two attached hydrogens (primary N) is 1. The second-order valence-corrected chi connectivity index (χ2v) is 4.30. The van der Waals surface area contributed by atoms with Crippen LogP contribution in [0.1, 0.15) is 22.3 Å². The molecular weight excluding hydrogens is 210 g/mol. The molecule has 1 unspecified atom stereocenters. The molecule has 2 rings (SSSR count). The van der Waals surface area contributed by atoms with E-state index in [-0.39, 0.29) is 6.04 Å². The first-order valence-corrected chi connectivity index (χ1v) is 5.47. The molecule has 5 nitrogen and oxygen atoms in total. The summed E-state index contributed by atoms with van der Waals surface area (Å²) in [4.78, 5) is 1.04. The number of aromatic nitrogens is 4. The van der Waals surface area contributed by atoms with Crippen LogP contribution in [0.2, 0.25) is 0 Å². The van der Waals surface area contributed by atoms with Crippen LogP contribution in [0.5, 0.6) is 0 Å². The summed E-state index contributed by atoms with van der Waals surface area (Å²) in [5.41, 5.74) is 7.98. The number of rotatable bonds is 3. The minimum atomic E-state index is -0.0556. The lowest BCUT2D eigenvalue weighted by Crippen LogP contribution is -2.13. The molecular formula is C9H13N5S. The Morgan fingerprint density at radius 1 is 1.60 bits per heavy atom. The Morgan fingerprint density at radius 3 is 2.93 bits per heavy atom. The van der Waals surface area contributed by atoms with E-state index in [1.165, 1.54) is 11.5 Å². The Hall–Kier alpha value is -1.27. The highest BCUT2D eigenvalue weighted by Gasteiger charge is 2.14. The van der Waals surface area contributed by atoms with E-state index in [2.05, 4.69) is 14.7 Å². The van der Waals surface area contributed by atoms with E-state index in [0.717, 1.165) is 22.7 Å². The summed E-state index contributed by atoms with van der Waals surface area (Å²) < 4.78 is 5.65. The molecule has 0 fully saturated rings. The smallest absolute Gasteiger partial charge is 0.0772 e. The molecule has 0 aliphatic rings. The predicted octanol–water partition coefficient (Wildman–Crippen LogP) is 0.823. The third-order valence-electron chi connectivity index (χ3n) is 2.22. The van der Waals surface area contributed by atoms with Crippen LogP contribution in [-0.2, 0) is 13.5 Å². The fourth-order valence-electron chi connectivity index (χ4n) is 1.47. The minimum absolute atomic E-state index is 0.0556. The summed E-state index contributed by atoms with van der Waals surface area (Å²) in [5, 5.41) is 8.24. The van der Waals surface area contributed by atoms with Crippen LogP contribution >= 0.6 is 11.5 Å². The Morgan fingerprint density at radius 2 is 2.40 bits per heavy atom. The van der Waals surface area contributed by atoms with Gasteiger partial charge in [0.2, 0.25) is 0 Å². The van der Waals surface area contributed by atoms with Crippen molar-refractivity contribution in [3.8, 4) is 0 Å².